The number of hydrogen-bond donors (Lipinski definition) is 2. The van der Waals surface area contributed by atoms with E-state index in [9.17, 15) is 16.8 Å². The molecule has 0 radical (unpaired) electrons. The first-order valence-electron chi connectivity index (χ1n) is 15.1. The molecule has 4 N–H and O–H groups in total. The van der Waals surface area contributed by atoms with Crippen molar-refractivity contribution >= 4 is 37.7 Å². The molecule has 4 aromatic rings. The molecule has 0 saturated carbocycles. The van der Waals surface area contributed by atoms with Crippen LogP contribution in [0.25, 0.3) is 0 Å². The Balaban J connectivity index is 0.000000968. The highest BCUT2D eigenvalue weighted by molar-refractivity contribution is 7.90. The molecular formula is C34H41ClN4O7S2. The zero-order valence-corrected chi connectivity index (χ0v) is 29.4. The van der Waals surface area contributed by atoms with E-state index in [-0.39, 0.29) is 5.92 Å². The first-order chi connectivity index (χ1) is 22.8. The molecule has 0 spiro atoms. The van der Waals surface area contributed by atoms with E-state index in [1.165, 1.54) is 15.4 Å². The van der Waals surface area contributed by atoms with Gasteiger partial charge in [0.15, 0.2) is 0 Å². The van der Waals surface area contributed by atoms with Crippen molar-refractivity contribution in [2.75, 3.05) is 38.7 Å². The van der Waals surface area contributed by atoms with Gasteiger partial charge in [0.2, 0.25) is 0 Å². The van der Waals surface area contributed by atoms with Gasteiger partial charge >= 0.3 is 10.2 Å². The summed E-state index contributed by atoms with van der Waals surface area (Å²) in [4.78, 5) is 0. The molecule has 0 aromatic heterocycles. The van der Waals surface area contributed by atoms with Crippen molar-refractivity contribution < 1.29 is 31.0 Å². The number of hydrogen-bond acceptors (Lipinski definition) is 7. The number of rotatable bonds is 12. The van der Waals surface area contributed by atoms with Gasteiger partial charge < -0.3 is 14.2 Å². The van der Waals surface area contributed by atoms with Crippen LogP contribution in [0.3, 0.4) is 0 Å². The van der Waals surface area contributed by atoms with Gasteiger partial charge in [-0.2, -0.15) is 21.1 Å². The molecule has 1 aliphatic rings. The van der Waals surface area contributed by atoms with Crippen molar-refractivity contribution in [2.45, 2.75) is 25.3 Å². The molecule has 14 heteroatoms. The Kier molecular flexibility index (Phi) is 12.7. The molecule has 11 nitrogen and oxygen atoms in total. The Morgan fingerprint density at radius 1 is 0.792 bits per heavy atom. The minimum absolute atomic E-state index is 0.205. The van der Waals surface area contributed by atoms with Gasteiger partial charge in [-0.05, 0) is 103 Å². The minimum atomic E-state index is -3.82. The lowest BCUT2D eigenvalue weighted by molar-refractivity contribution is 0.369. The summed E-state index contributed by atoms with van der Waals surface area (Å²) in [5, 5.41) is 8.76. The Hall–Kier alpha value is -3.85. The van der Waals surface area contributed by atoms with Gasteiger partial charge in [0.25, 0.3) is 10.2 Å². The lowest BCUT2D eigenvalue weighted by atomic mass is 9.90. The number of ether oxygens (including phenoxy) is 3. The highest BCUT2D eigenvalue weighted by Gasteiger charge is 2.44. The second kappa shape index (κ2) is 16.5. The number of nitrogens with zero attached hydrogens (tertiary/aromatic N) is 2. The average molecular weight is 717 g/mol. The van der Waals surface area contributed by atoms with Crippen LogP contribution >= 0.6 is 11.6 Å². The molecule has 1 aliphatic heterocycles. The molecule has 1 atom stereocenters. The van der Waals surface area contributed by atoms with Crippen molar-refractivity contribution in [3.05, 3.63) is 119 Å². The van der Waals surface area contributed by atoms with Gasteiger partial charge in [-0.25, -0.2) is 14.6 Å². The largest absolute Gasteiger partial charge is 0.497 e. The quantitative estimate of drug-likeness (QED) is 0.206. The van der Waals surface area contributed by atoms with Crippen molar-refractivity contribution in [2.24, 2.45) is 16.2 Å². The van der Waals surface area contributed by atoms with Gasteiger partial charge in [0.05, 0.1) is 33.1 Å². The van der Waals surface area contributed by atoms with Crippen LogP contribution in [0.4, 0.5) is 5.69 Å². The zero-order valence-electron chi connectivity index (χ0n) is 27.0. The number of methoxy groups -OCH3 is 3. The molecular weight excluding hydrogens is 676 g/mol. The number of anilines is 1. The predicted molar refractivity (Wildman–Crippen MR) is 189 cm³/mol. The maximum Gasteiger partial charge on any atom is 0.304 e. The molecule has 1 heterocycles. The molecule has 48 heavy (non-hydrogen) atoms. The van der Waals surface area contributed by atoms with Crippen molar-refractivity contribution in [1.29, 1.82) is 0 Å². The summed E-state index contributed by atoms with van der Waals surface area (Å²) < 4.78 is 65.9. The van der Waals surface area contributed by atoms with Crippen molar-refractivity contribution in [1.82, 2.24) is 4.31 Å². The SMILES string of the molecule is COc1ccc(CC(CCN2CC(c3cccc(OC)c3)N(c3ccc(Cl)cc3)S2(=O)=O)Cc2ccc(OC)cc2)cc1.NS(N)(=O)=O. The fraction of sp³-hybridized carbons (Fsp3) is 0.294. The summed E-state index contributed by atoms with van der Waals surface area (Å²) in [5.74, 6) is 2.51. The van der Waals surface area contributed by atoms with E-state index in [1.807, 2.05) is 48.5 Å². The van der Waals surface area contributed by atoms with Crippen LogP contribution in [0.1, 0.15) is 29.2 Å². The van der Waals surface area contributed by atoms with Crippen LogP contribution in [-0.2, 0) is 33.3 Å². The van der Waals surface area contributed by atoms with Crippen LogP contribution < -0.4 is 28.8 Å². The summed E-state index contributed by atoms with van der Waals surface area (Å²) in [7, 11) is -2.56. The van der Waals surface area contributed by atoms with E-state index < -0.39 is 26.5 Å². The fourth-order valence-corrected chi connectivity index (χ4v) is 7.58. The summed E-state index contributed by atoms with van der Waals surface area (Å²) in [6, 6.07) is 30.3. The number of nitrogens with two attached hydrogens (primary N) is 2. The van der Waals surface area contributed by atoms with Crippen LogP contribution in [-0.4, -0.2) is 55.6 Å². The van der Waals surface area contributed by atoms with Crippen molar-refractivity contribution in [3.63, 3.8) is 0 Å². The zero-order chi connectivity index (χ0) is 34.9. The van der Waals surface area contributed by atoms with Gasteiger partial charge in [-0.15, -0.1) is 0 Å². The maximum absolute atomic E-state index is 14.1. The van der Waals surface area contributed by atoms with Crippen LogP contribution in [0.15, 0.2) is 97.1 Å². The summed E-state index contributed by atoms with van der Waals surface area (Å²) in [6.45, 7) is 0.722. The molecule has 1 fully saturated rings. The average Bonchev–Trinajstić information content (AvgIpc) is 3.33. The second-order valence-corrected chi connectivity index (χ2v) is 14.7. The molecule has 258 valence electrons. The third kappa shape index (κ3) is 10.3. The number of halogens is 1. The third-order valence-electron chi connectivity index (χ3n) is 7.95. The standard InChI is InChI=1S/C34H37ClN2O5S.H4N2O2S/c1-40-31-15-7-25(8-16-31)21-27(22-26-9-17-32(41-2)18-10-26)19-20-36-24-34(28-5-4-6-33(23-28)42-3)37(43(36,38)39)30-13-11-29(35)12-14-30;1-5(2,3)4/h4-18,23,27,34H,19-22,24H2,1-3H3;(H4,1,2,3,4). The Bertz CT molecular complexity index is 1780. The maximum atomic E-state index is 14.1. The van der Waals surface area contributed by atoms with Crippen molar-refractivity contribution in [3.8, 4) is 17.2 Å². The Morgan fingerprint density at radius 2 is 1.29 bits per heavy atom. The van der Waals surface area contributed by atoms with Crippen LogP contribution in [0, 0.1) is 5.92 Å². The summed E-state index contributed by atoms with van der Waals surface area (Å²) in [6.07, 6.45) is 2.31. The molecule has 0 aliphatic carbocycles. The van der Waals surface area contributed by atoms with E-state index in [1.54, 1.807) is 49.9 Å². The van der Waals surface area contributed by atoms with E-state index in [4.69, 9.17) is 25.8 Å². The minimum Gasteiger partial charge on any atom is -0.497 e. The topological polar surface area (TPSA) is 154 Å². The van der Waals surface area contributed by atoms with Gasteiger partial charge in [-0.3, -0.25) is 0 Å². The highest BCUT2D eigenvalue weighted by atomic mass is 35.5. The predicted octanol–water partition coefficient (Wildman–Crippen LogP) is 5.11. The molecule has 1 saturated heterocycles. The molecule has 1 unspecified atom stereocenters. The molecule has 4 aromatic carbocycles. The monoisotopic (exact) mass is 716 g/mol. The van der Waals surface area contributed by atoms with Crippen LogP contribution in [0.2, 0.25) is 5.02 Å². The second-order valence-electron chi connectivity index (χ2n) is 11.3. The lowest BCUT2D eigenvalue weighted by Gasteiger charge is -2.25. The van der Waals surface area contributed by atoms with Crippen LogP contribution in [0.5, 0.6) is 17.2 Å². The highest BCUT2D eigenvalue weighted by Crippen LogP contribution is 2.40. The number of benzene rings is 4. The van der Waals surface area contributed by atoms with Gasteiger partial charge in [-0.1, -0.05) is 48.0 Å². The fourth-order valence-electron chi connectivity index (χ4n) is 5.64. The molecule has 0 amide bonds. The first-order valence-corrected chi connectivity index (χ1v) is 18.4. The van der Waals surface area contributed by atoms with E-state index in [0.717, 1.165) is 29.9 Å². The van der Waals surface area contributed by atoms with E-state index >= 15 is 0 Å². The lowest BCUT2D eigenvalue weighted by Crippen LogP contribution is -2.35. The Morgan fingerprint density at radius 3 is 1.77 bits per heavy atom. The Labute approximate surface area is 288 Å². The molecule has 5 rings (SSSR count). The van der Waals surface area contributed by atoms with Gasteiger partial charge in [0, 0.05) is 18.1 Å². The van der Waals surface area contributed by atoms with E-state index in [0.29, 0.717) is 36.0 Å². The third-order valence-corrected chi connectivity index (χ3v) is 10.1. The van der Waals surface area contributed by atoms with E-state index in [2.05, 4.69) is 34.5 Å². The normalized spacial score (nSPS) is 15.9. The summed E-state index contributed by atoms with van der Waals surface area (Å²) in [5.41, 5.74) is 3.81. The molecule has 0 bridgehead atoms. The first kappa shape index (κ1) is 37.0. The van der Waals surface area contributed by atoms with Gasteiger partial charge in [0.1, 0.15) is 17.2 Å². The summed E-state index contributed by atoms with van der Waals surface area (Å²) >= 11 is 6.15. The smallest absolute Gasteiger partial charge is 0.304 e.